The van der Waals surface area contributed by atoms with Crippen molar-refractivity contribution in [3.63, 3.8) is 0 Å². The van der Waals surface area contributed by atoms with Gasteiger partial charge in [0.1, 0.15) is 11.9 Å². The maximum Gasteiger partial charge on any atom is 0.302 e. The third kappa shape index (κ3) is 2.43. The normalized spacial score (nSPS) is 48.9. The summed E-state index contributed by atoms with van der Waals surface area (Å²) in [4.78, 5) is 23.8. The van der Waals surface area contributed by atoms with Gasteiger partial charge in [0.25, 0.3) is 0 Å². The highest BCUT2D eigenvalue weighted by molar-refractivity contribution is 5.87. The van der Waals surface area contributed by atoms with E-state index in [4.69, 9.17) is 4.74 Å². The fourth-order valence-electron chi connectivity index (χ4n) is 6.72. The summed E-state index contributed by atoms with van der Waals surface area (Å²) in [5, 5.41) is 11.0. The molecule has 0 spiro atoms. The summed E-state index contributed by atoms with van der Waals surface area (Å²) in [6.45, 7) is 5.94. The molecule has 0 radical (unpaired) electrons. The van der Waals surface area contributed by atoms with Crippen LogP contribution in [0.1, 0.15) is 65.7 Å². The average Bonchev–Trinajstić information content (AvgIpc) is 2.84. The number of carbonyl (C=O) groups excluding carboxylic acids is 2. The molecule has 0 amide bonds. The summed E-state index contributed by atoms with van der Waals surface area (Å²) in [6, 6.07) is 0. The Hall–Kier alpha value is -1.16. The fraction of sp³-hybridized carbons (Fsp3) is 0.810. The van der Waals surface area contributed by atoms with Crippen LogP contribution in [-0.4, -0.2) is 29.1 Å². The monoisotopic (exact) mass is 346 g/mol. The summed E-state index contributed by atoms with van der Waals surface area (Å²) in [5.41, 5.74) is 1.12. The van der Waals surface area contributed by atoms with Crippen molar-refractivity contribution in [2.75, 3.05) is 0 Å². The second-order valence-corrected chi connectivity index (χ2v) is 9.28. The van der Waals surface area contributed by atoms with Gasteiger partial charge in [-0.15, -0.1) is 0 Å². The lowest BCUT2D eigenvalue weighted by Gasteiger charge is -2.58. The van der Waals surface area contributed by atoms with Crippen molar-refractivity contribution in [1.82, 2.24) is 0 Å². The molecule has 7 atom stereocenters. The molecule has 4 rings (SSSR count). The minimum absolute atomic E-state index is 0.0533. The quantitative estimate of drug-likeness (QED) is 0.584. The van der Waals surface area contributed by atoms with Gasteiger partial charge < -0.3 is 9.84 Å². The second-order valence-electron chi connectivity index (χ2n) is 9.28. The highest BCUT2D eigenvalue weighted by Gasteiger charge is 2.60. The summed E-state index contributed by atoms with van der Waals surface area (Å²) < 4.78 is 5.45. The zero-order valence-electron chi connectivity index (χ0n) is 15.6. The molecule has 0 heterocycles. The van der Waals surface area contributed by atoms with Crippen molar-refractivity contribution >= 4 is 11.8 Å². The highest BCUT2D eigenvalue weighted by atomic mass is 16.5. The van der Waals surface area contributed by atoms with E-state index >= 15 is 0 Å². The Balaban J connectivity index is 1.65. The largest absolute Gasteiger partial charge is 0.462 e. The molecule has 4 aliphatic carbocycles. The number of aliphatic hydroxyl groups excluding tert-OH is 1. The van der Waals surface area contributed by atoms with Crippen LogP contribution in [0.25, 0.3) is 0 Å². The van der Waals surface area contributed by atoms with Crippen LogP contribution in [0.5, 0.6) is 0 Å². The first-order valence-corrected chi connectivity index (χ1v) is 9.85. The molecule has 3 fully saturated rings. The Morgan fingerprint density at radius 1 is 1.16 bits per heavy atom. The number of carbonyl (C=O) groups is 2. The lowest BCUT2D eigenvalue weighted by atomic mass is 9.47. The van der Waals surface area contributed by atoms with Gasteiger partial charge in [-0.3, -0.25) is 9.59 Å². The van der Waals surface area contributed by atoms with Crippen LogP contribution in [0.15, 0.2) is 11.6 Å². The summed E-state index contributed by atoms with van der Waals surface area (Å²) in [6.07, 6.45) is 7.76. The maximum atomic E-state index is 12.5. The number of ether oxygens (including phenoxy) is 1. The number of hydrogen-bond acceptors (Lipinski definition) is 4. The van der Waals surface area contributed by atoms with E-state index in [1.54, 1.807) is 0 Å². The third-order valence-corrected chi connectivity index (χ3v) is 8.13. The molecule has 1 N–H and O–H groups in total. The van der Waals surface area contributed by atoms with E-state index in [-0.39, 0.29) is 28.8 Å². The zero-order valence-corrected chi connectivity index (χ0v) is 15.6. The van der Waals surface area contributed by atoms with Crippen molar-refractivity contribution in [3.8, 4) is 0 Å². The van der Waals surface area contributed by atoms with Gasteiger partial charge in [-0.1, -0.05) is 25.5 Å². The van der Waals surface area contributed by atoms with Gasteiger partial charge in [-0.25, -0.2) is 0 Å². The number of Topliss-reactive ketones (excluding diaryl/α,β-unsaturated/α-hetero) is 1. The molecule has 0 bridgehead atoms. The van der Waals surface area contributed by atoms with Gasteiger partial charge in [-0.2, -0.15) is 0 Å². The molecular weight excluding hydrogens is 316 g/mol. The first kappa shape index (κ1) is 17.3. The van der Waals surface area contributed by atoms with Crippen LogP contribution in [0, 0.1) is 28.6 Å². The van der Waals surface area contributed by atoms with Crippen LogP contribution in [-0.2, 0) is 14.3 Å². The average molecular weight is 346 g/mol. The molecule has 3 saturated carbocycles. The topological polar surface area (TPSA) is 63.6 Å². The SMILES string of the molecule is CC(=O)O[C@H]1CC[C@@]2(C)C(=C[C@H](O)[C@@H]3[C@H]4CCC(=O)[C@@]4(C)CC[C@@H]32)C1. The maximum absolute atomic E-state index is 12.5. The predicted molar refractivity (Wildman–Crippen MR) is 93.7 cm³/mol. The number of esters is 1. The van der Waals surface area contributed by atoms with Crippen molar-refractivity contribution < 1.29 is 19.4 Å². The molecule has 4 heteroatoms. The molecule has 0 aromatic rings. The van der Waals surface area contributed by atoms with Gasteiger partial charge in [0.2, 0.25) is 0 Å². The molecule has 4 aliphatic rings. The second kappa shape index (κ2) is 5.67. The first-order chi connectivity index (χ1) is 11.8. The minimum atomic E-state index is -0.473. The Kier molecular flexibility index (Phi) is 3.91. The molecule has 0 aromatic heterocycles. The van der Waals surface area contributed by atoms with Crippen molar-refractivity contribution in [2.24, 2.45) is 28.6 Å². The molecular formula is C21H30O4. The number of aliphatic hydroxyl groups is 1. The summed E-state index contributed by atoms with van der Waals surface area (Å²) in [7, 11) is 0. The van der Waals surface area contributed by atoms with E-state index in [2.05, 4.69) is 13.8 Å². The Bertz CT molecular complexity index is 638. The smallest absolute Gasteiger partial charge is 0.302 e. The van der Waals surface area contributed by atoms with Crippen molar-refractivity contribution in [1.29, 1.82) is 0 Å². The zero-order chi connectivity index (χ0) is 18.0. The van der Waals surface area contributed by atoms with Gasteiger partial charge in [0, 0.05) is 25.2 Å². The Morgan fingerprint density at radius 3 is 2.56 bits per heavy atom. The summed E-state index contributed by atoms with van der Waals surface area (Å²) >= 11 is 0. The van der Waals surface area contributed by atoms with Gasteiger partial charge >= 0.3 is 5.97 Å². The van der Waals surface area contributed by atoms with Crippen LogP contribution in [0.3, 0.4) is 0 Å². The van der Waals surface area contributed by atoms with Crippen molar-refractivity contribution in [3.05, 3.63) is 11.6 Å². The van der Waals surface area contributed by atoms with E-state index in [1.807, 2.05) is 6.08 Å². The number of hydrogen-bond donors (Lipinski definition) is 1. The van der Waals surface area contributed by atoms with Crippen LogP contribution >= 0.6 is 0 Å². The van der Waals surface area contributed by atoms with E-state index < -0.39 is 6.10 Å². The molecule has 0 aromatic carbocycles. The first-order valence-electron chi connectivity index (χ1n) is 9.85. The molecule has 0 aliphatic heterocycles. The Labute approximate surface area is 150 Å². The highest BCUT2D eigenvalue weighted by Crippen LogP contribution is 2.64. The number of rotatable bonds is 1. The predicted octanol–water partition coefficient (Wildman–Crippen LogP) is 3.42. The van der Waals surface area contributed by atoms with Crippen LogP contribution in [0.4, 0.5) is 0 Å². The number of ketones is 1. The fourth-order valence-corrected chi connectivity index (χ4v) is 6.72. The minimum Gasteiger partial charge on any atom is -0.462 e. The van der Waals surface area contributed by atoms with Crippen molar-refractivity contribution in [2.45, 2.75) is 77.9 Å². The molecule has 138 valence electrons. The van der Waals surface area contributed by atoms with Gasteiger partial charge in [0.05, 0.1) is 6.10 Å². The molecule has 4 nitrogen and oxygen atoms in total. The standard InChI is InChI=1S/C21H30O4/c1-12(22)25-14-6-8-20(2)13(10-14)11-17(23)19-15-4-5-18(24)21(15,3)9-7-16(19)20/h11,14-17,19,23H,4-10H2,1-3H3/t14-,15+,16-,17-,19+,20-,21-/m0/s1. The van der Waals surface area contributed by atoms with Crippen LogP contribution < -0.4 is 0 Å². The molecule has 0 saturated heterocycles. The third-order valence-electron chi connectivity index (χ3n) is 8.13. The lowest BCUT2D eigenvalue weighted by molar-refractivity contribution is -0.149. The number of fused-ring (bicyclic) bond motifs is 5. The summed E-state index contributed by atoms with van der Waals surface area (Å²) in [5.74, 6) is 1.13. The lowest BCUT2D eigenvalue weighted by Crippen LogP contribution is -2.54. The Morgan fingerprint density at radius 2 is 1.84 bits per heavy atom. The van der Waals surface area contributed by atoms with Gasteiger partial charge in [-0.05, 0) is 55.3 Å². The van der Waals surface area contributed by atoms with E-state index in [9.17, 15) is 14.7 Å². The molecule has 0 unspecified atom stereocenters. The van der Waals surface area contributed by atoms with E-state index in [1.165, 1.54) is 12.5 Å². The van der Waals surface area contributed by atoms with E-state index in [0.29, 0.717) is 24.0 Å². The van der Waals surface area contributed by atoms with E-state index in [0.717, 1.165) is 38.5 Å². The van der Waals surface area contributed by atoms with Gasteiger partial charge in [0.15, 0.2) is 0 Å². The van der Waals surface area contributed by atoms with Crippen LogP contribution in [0.2, 0.25) is 0 Å². The molecule has 25 heavy (non-hydrogen) atoms.